The minimum atomic E-state index is -2.96. The first-order valence-corrected chi connectivity index (χ1v) is 4.48. The monoisotopic (exact) mass is 283 g/mol. The molecule has 0 atom stereocenters. The van der Waals surface area contributed by atoms with Gasteiger partial charge in [0.1, 0.15) is 0 Å². The van der Waals surface area contributed by atoms with Gasteiger partial charge in [0, 0.05) is 0 Å². The number of carbonyl (C=O) groups is 1. The number of methoxy groups -OCH3 is 1. The van der Waals surface area contributed by atoms with Crippen LogP contribution in [0.25, 0.3) is 0 Å². The molecule has 1 aromatic carbocycles. The summed E-state index contributed by atoms with van der Waals surface area (Å²) >= 11 is 2.70. The van der Waals surface area contributed by atoms with Gasteiger partial charge >= 0.3 is 5.97 Å². The second-order valence-electron chi connectivity index (χ2n) is 2.65. The van der Waals surface area contributed by atoms with Crippen LogP contribution in [0, 0.1) is 11.6 Å². The molecule has 0 aliphatic rings. The molecular weight excluding hydrogens is 274 g/mol. The van der Waals surface area contributed by atoms with Crippen LogP contribution in [0.2, 0.25) is 0 Å². The van der Waals surface area contributed by atoms with Crippen LogP contribution in [0.15, 0.2) is 10.5 Å². The van der Waals surface area contributed by atoms with Crippen molar-refractivity contribution in [3.8, 4) is 5.75 Å². The van der Waals surface area contributed by atoms with Crippen molar-refractivity contribution in [2.45, 2.75) is 6.42 Å². The van der Waals surface area contributed by atoms with Crippen molar-refractivity contribution in [2.24, 2.45) is 0 Å². The van der Waals surface area contributed by atoms with Gasteiger partial charge in [0.05, 0.1) is 22.0 Å². The largest absolute Gasteiger partial charge is 0.494 e. The fraction of sp³-hybridized carbons (Fsp3) is 0.222. The second kappa shape index (κ2) is 4.57. The summed E-state index contributed by atoms with van der Waals surface area (Å²) in [6.07, 6.45) is -0.602. The average Bonchev–Trinajstić information content (AvgIpc) is 2.19. The average molecular weight is 284 g/mol. The fourth-order valence-electron chi connectivity index (χ4n) is 0.996. The summed E-state index contributed by atoms with van der Waals surface area (Å²) in [5.74, 6) is -5.02. The Morgan fingerprint density at radius 1 is 1.67 bits per heavy atom. The van der Waals surface area contributed by atoms with E-state index in [-0.39, 0.29) is 10.0 Å². The van der Waals surface area contributed by atoms with Crippen LogP contribution in [0.5, 0.6) is 5.75 Å². The molecule has 0 heterocycles. The van der Waals surface area contributed by atoms with Crippen molar-refractivity contribution in [3.63, 3.8) is 0 Å². The highest BCUT2D eigenvalue weighted by molar-refractivity contribution is 9.10. The number of benzene rings is 1. The van der Waals surface area contributed by atoms with Crippen LogP contribution in [0.4, 0.5) is 8.78 Å². The number of carboxylic acids is 1. The van der Waals surface area contributed by atoms with E-state index < -0.39 is 36.8 Å². The third kappa shape index (κ3) is 2.44. The van der Waals surface area contributed by atoms with Crippen LogP contribution >= 0.6 is 15.9 Å². The quantitative estimate of drug-likeness (QED) is 0.867. The third-order valence-electron chi connectivity index (χ3n) is 1.64. The number of hydrogen-bond acceptors (Lipinski definition) is 2. The zero-order valence-electron chi connectivity index (χ0n) is 10.2. The van der Waals surface area contributed by atoms with Crippen molar-refractivity contribution in [3.05, 3.63) is 27.7 Å². The van der Waals surface area contributed by atoms with E-state index in [0.717, 1.165) is 6.07 Å². The second-order valence-corrected chi connectivity index (χ2v) is 3.44. The predicted octanol–water partition coefficient (Wildman–Crippen LogP) is 2.36. The Morgan fingerprint density at radius 2 is 2.33 bits per heavy atom. The molecule has 0 saturated heterocycles. The number of hydrogen-bond donors (Lipinski definition) is 1. The Bertz CT molecular complexity index is 491. The van der Waals surface area contributed by atoms with Crippen molar-refractivity contribution >= 4 is 21.9 Å². The molecule has 0 spiro atoms. The molecule has 0 unspecified atom stereocenters. The molecule has 0 fully saturated rings. The van der Waals surface area contributed by atoms with E-state index in [9.17, 15) is 13.6 Å². The highest BCUT2D eigenvalue weighted by atomic mass is 79.9. The van der Waals surface area contributed by atoms with Gasteiger partial charge in [0.15, 0.2) is 11.6 Å². The van der Waals surface area contributed by atoms with Gasteiger partial charge in [-0.2, -0.15) is 4.39 Å². The lowest BCUT2D eigenvalue weighted by Crippen LogP contribution is -2.04. The topological polar surface area (TPSA) is 46.5 Å². The van der Waals surface area contributed by atoms with E-state index in [4.69, 9.17) is 9.22 Å². The minimum Gasteiger partial charge on any atom is -0.494 e. The van der Waals surface area contributed by atoms with Gasteiger partial charge in [-0.1, -0.05) is 0 Å². The van der Waals surface area contributed by atoms with Crippen LogP contribution in [-0.4, -0.2) is 18.1 Å². The maximum atomic E-state index is 13.4. The maximum absolute atomic E-state index is 13.4. The third-order valence-corrected chi connectivity index (χ3v) is 2.50. The summed E-state index contributed by atoms with van der Waals surface area (Å²) in [5.41, 5.74) is -0.124. The molecule has 0 saturated carbocycles. The number of carboxylic acid groups (broad SMARTS) is 1. The minimum absolute atomic E-state index is 0.124. The first kappa shape index (κ1) is 8.04. The normalized spacial score (nSPS) is 13.9. The molecule has 3 nitrogen and oxygen atoms in total. The van der Waals surface area contributed by atoms with Gasteiger partial charge in [0.25, 0.3) is 0 Å². The van der Waals surface area contributed by atoms with Crippen molar-refractivity contribution < 1.29 is 27.5 Å². The molecule has 0 bridgehead atoms. The summed E-state index contributed by atoms with van der Waals surface area (Å²) in [7, 11) is -2.96. The molecule has 1 aromatic rings. The molecular formula is C9H7BrF2O3. The number of halogens is 3. The molecule has 0 radical (unpaired) electrons. The van der Waals surface area contributed by atoms with Crippen molar-refractivity contribution in [1.29, 1.82) is 0 Å². The Hall–Kier alpha value is -1.17. The first-order chi connectivity index (χ1) is 8.11. The molecule has 0 amide bonds. The lowest BCUT2D eigenvalue weighted by molar-refractivity contribution is -0.136. The van der Waals surface area contributed by atoms with Crippen LogP contribution in [0.3, 0.4) is 0 Å². The molecule has 1 rings (SSSR count). The summed E-state index contributed by atoms with van der Waals surface area (Å²) < 4.78 is 51.1. The molecule has 82 valence electrons. The smallest absolute Gasteiger partial charge is 0.307 e. The van der Waals surface area contributed by atoms with Gasteiger partial charge in [-0.15, -0.1) is 0 Å². The molecule has 6 heteroatoms. The zero-order chi connectivity index (χ0) is 14.1. The Morgan fingerprint density at radius 3 is 2.87 bits per heavy atom. The summed E-state index contributed by atoms with van der Waals surface area (Å²) in [6, 6.07) is 0.836. The van der Waals surface area contributed by atoms with Crippen LogP contribution in [-0.2, 0) is 11.2 Å². The zero-order valence-corrected chi connectivity index (χ0v) is 8.77. The van der Waals surface area contributed by atoms with Crippen LogP contribution in [0.1, 0.15) is 9.68 Å². The van der Waals surface area contributed by atoms with Gasteiger partial charge in [-0.25, -0.2) is 4.39 Å². The molecule has 0 aromatic heterocycles. The fourth-order valence-corrected chi connectivity index (χ4v) is 1.42. The summed E-state index contributed by atoms with van der Waals surface area (Å²) in [6.45, 7) is 0. The number of ether oxygens (including phenoxy) is 1. The van der Waals surface area contributed by atoms with Gasteiger partial charge in [-0.3, -0.25) is 4.79 Å². The van der Waals surface area contributed by atoms with Crippen LogP contribution < -0.4 is 4.74 Å². The predicted molar refractivity (Wildman–Crippen MR) is 51.9 cm³/mol. The Kier molecular flexibility index (Phi) is 2.45. The van der Waals surface area contributed by atoms with E-state index in [1.54, 1.807) is 0 Å². The lowest BCUT2D eigenvalue weighted by Gasteiger charge is -2.08. The standard InChI is InChI=1S/C9H7BrF2O3/c1-15-5-2-4(3-6(13)14)7(10)9(12)8(5)11/h2H,3H2,1H3,(H,13,14)/i1D3. The van der Waals surface area contributed by atoms with Gasteiger partial charge in [0.2, 0.25) is 5.82 Å². The van der Waals surface area contributed by atoms with Crippen molar-refractivity contribution in [1.82, 2.24) is 0 Å². The van der Waals surface area contributed by atoms with E-state index in [1.165, 1.54) is 0 Å². The molecule has 1 N–H and O–H groups in total. The summed E-state index contributed by atoms with van der Waals surface area (Å²) in [4.78, 5) is 10.5. The number of rotatable bonds is 3. The highest BCUT2D eigenvalue weighted by Crippen LogP contribution is 2.30. The maximum Gasteiger partial charge on any atom is 0.307 e. The Labute approximate surface area is 97.0 Å². The number of aliphatic carboxylic acids is 1. The van der Waals surface area contributed by atoms with E-state index >= 15 is 0 Å². The molecule has 0 aliphatic carbocycles. The molecule has 15 heavy (non-hydrogen) atoms. The van der Waals surface area contributed by atoms with E-state index in [0.29, 0.717) is 0 Å². The van der Waals surface area contributed by atoms with Crippen molar-refractivity contribution in [2.75, 3.05) is 7.04 Å². The SMILES string of the molecule is [2H]C([2H])([2H])Oc1cc(CC(=O)O)c(Br)c(F)c1F. The lowest BCUT2D eigenvalue weighted by atomic mass is 10.1. The molecule has 0 aliphatic heterocycles. The van der Waals surface area contributed by atoms with E-state index in [2.05, 4.69) is 20.7 Å². The van der Waals surface area contributed by atoms with Gasteiger partial charge < -0.3 is 9.84 Å². The van der Waals surface area contributed by atoms with Gasteiger partial charge in [-0.05, 0) is 27.6 Å². The van der Waals surface area contributed by atoms with E-state index in [1.807, 2.05) is 0 Å². The highest BCUT2D eigenvalue weighted by Gasteiger charge is 2.18. The summed E-state index contributed by atoms with van der Waals surface area (Å²) in [5, 5.41) is 8.59. The Balaban J connectivity index is 3.27. The first-order valence-electron chi connectivity index (χ1n) is 5.19.